The molecule has 2 aliphatic rings. The largest absolute Gasteiger partial charge is 0.508 e. The van der Waals surface area contributed by atoms with Gasteiger partial charge in [0.2, 0.25) is 0 Å². The molecule has 148 valence electrons. The predicted octanol–water partition coefficient (Wildman–Crippen LogP) is 4.78. The highest BCUT2D eigenvalue weighted by Gasteiger charge is 2.44. The van der Waals surface area contributed by atoms with Crippen LogP contribution in [-0.2, 0) is 0 Å². The average molecular weight is 405 g/mol. The molecule has 0 spiro atoms. The summed E-state index contributed by atoms with van der Waals surface area (Å²) in [6.07, 6.45) is 1.85. The van der Waals surface area contributed by atoms with Gasteiger partial charge in [-0.3, -0.25) is 9.98 Å². The Morgan fingerprint density at radius 2 is 1.90 bits per heavy atom. The second kappa shape index (κ2) is 6.95. The van der Waals surface area contributed by atoms with Crippen LogP contribution in [0.15, 0.2) is 59.7 Å². The molecular weight excluding hydrogens is 380 g/mol. The number of phenols is 1. The van der Waals surface area contributed by atoms with Crippen LogP contribution in [0.25, 0.3) is 5.69 Å². The Kier molecular flexibility index (Phi) is 4.39. The number of nitrogens with zero attached hydrogens (tertiary/aromatic N) is 4. The van der Waals surface area contributed by atoms with Gasteiger partial charge in [-0.1, -0.05) is 24.8 Å². The van der Waals surface area contributed by atoms with Gasteiger partial charge in [0, 0.05) is 35.1 Å². The predicted molar refractivity (Wildman–Crippen MR) is 118 cm³/mol. The highest BCUT2D eigenvalue weighted by Crippen LogP contribution is 2.48. The Labute approximate surface area is 175 Å². The van der Waals surface area contributed by atoms with E-state index < -0.39 is 0 Å². The monoisotopic (exact) mass is 404 g/mol. The lowest BCUT2D eigenvalue weighted by Gasteiger charge is -2.27. The summed E-state index contributed by atoms with van der Waals surface area (Å²) in [5.41, 5.74) is 5.75. The van der Waals surface area contributed by atoms with Crippen molar-refractivity contribution in [1.29, 1.82) is 0 Å². The van der Waals surface area contributed by atoms with Crippen LogP contribution in [0.3, 0.4) is 0 Å². The Hall–Kier alpha value is -2.73. The zero-order valence-corrected chi connectivity index (χ0v) is 17.6. The summed E-state index contributed by atoms with van der Waals surface area (Å²) in [6.45, 7) is 7.57. The minimum Gasteiger partial charge on any atom is -0.508 e. The Bertz CT molecular complexity index is 1070. The number of aryl methyl sites for hydroxylation is 1. The first kappa shape index (κ1) is 18.3. The lowest BCUT2D eigenvalue weighted by atomic mass is 9.96. The number of phenolic OH excluding ortho intramolecular Hbond substituents is 1. The first-order chi connectivity index (χ1) is 14.0. The van der Waals surface area contributed by atoms with Crippen LogP contribution in [-0.4, -0.2) is 36.5 Å². The number of aliphatic imine (C=N–C) groups is 1. The molecule has 0 saturated carbocycles. The van der Waals surface area contributed by atoms with E-state index in [0.717, 1.165) is 23.1 Å². The molecule has 0 bridgehead atoms. The third-order valence-electron chi connectivity index (χ3n) is 5.78. The third kappa shape index (κ3) is 3.02. The van der Waals surface area contributed by atoms with Crippen LogP contribution in [0.4, 0.5) is 0 Å². The van der Waals surface area contributed by atoms with Crippen molar-refractivity contribution in [3.05, 3.63) is 77.4 Å². The lowest BCUT2D eigenvalue weighted by molar-refractivity contribution is 0.320. The molecule has 1 N–H and O–H groups in total. The molecule has 1 fully saturated rings. The Morgan fingerprint density at radius 1 is 1.10 bits per heavy atom. The number of amidine groups is 1. The normalized spacial score (nSPS) is 23.3. The number of aromatic nitrogens is 2. The molecule has 5 rings (SSSR count). The third-order valence-corrected chi connectivity index (χ3v) is 6.88. The average Bonchev–Trinajstić information content (AvgIpc) is 3.33. The number of thioether (sulfide) groups is 1. The molecule has 0 radical (unpaired) electrons. The SMILES string of the molecule is Cc1cc(C2C(c3ccccn3)N=C3SC(C)CN32)c(C)n1-c1ccc(O)cc1. The van der Waals surface area contributed by atoms with E-state index in [-0.39, 0.29) is 17.8 Å². The van der Waals surface area contributed by atoms with Gasteiger partial charge in [-0.15, -0.1) is 0 Å². The maximum absolute atomic E-state index is 9.67. The Balaban J connectivity index is 1.62. The van der Waals surface area contributed by atoms with E-state index in [9.17, 15) is 5.11 Å². The van der Waals surface area contributed by atoms with Crippen LogP contribution < -0.4 is 0 Å². The van der Waals surface area contributed by atoms with Crippen LogP contribution in [0.5, 0.6) is 5.75 Å². The van der Waals surface area contributed by atoms with Crippen LogP contribution in [0.2, 0.25) is 0 Å². The second-order valence-electron chi connectivity index (χ2n) is 7.82. The van der Waals surface area contributed by atoms with E-state index in [1.807, 2.05) is 42.2 Å². The molecular formula is C23H24N4OS. The van der Waals surface area contributed by atoms with Gasteiger partial charge in [0.1, 0.15) is 11.8 Å². The first-order valence-electron chi connectivity index (χ1n) is 9.93. The zero-order chi connectivity index (χ0) is 20.1. The molecule has 0 amide bonds. The van der Waals surface area contributed by atoms with E-state index in [4.69, 9.17) is 4.99 Å². The Morgan fingerprint density at radius 3 is 2.62 bits per heavy atom. The van der Waals surface area contributed by atoms with Crippen molar-refractivity contribution < 1.29 is 5.11 Å². The summed E-state index contributed by atoms with van der Waals surface area (Å²) in [5.74, 6) is 0.281. The number of benzene rings is 1. The minimum absolute atomic E-state index is 0.0000298. The fourth-order valence-corrected chi connectivity index (χ4v) is 5.63. The summed E-state index contributed by atoms with van der Waals surface area (Å²) in [4.78, 5) is 12.2. The van der Waals surface area contributed by atoms with Crippen molar-refractivity contribution >= 4 is 16.9 Å². The molecule has 3 atom stereocenters. The smallest absolute Gasteiger partial charge is 0.160 e. The van der Waals surface area contributed by atoms with Crippen LogP contribution in [0, 0.1) is 13.8 Å². The van der Waals surface area contributed by atoms with Gasteiger partial charge < -0.3 is 14.6 Å². The molecule has 3 unspecified atom stereocenters. The number of aromatic hydroxyl groups is 1. The number of rotatable bonds is 3. The van der Waals surface area contributed by atoms with Crippen molar-refractivity contribution in [3.63, 3.8) is 0 Å². The number of fused-ring (bicyclic) bond motifs is 1. The van der Waals surface area contributed by atoms with Gasteiger partial charge >= 0.3 is 0 Å². The number of pyridine rings is 1. The lowest BCUT2D eigenvalue weighted by Crippen LogP contribution is -2.28. The molecule has 1 aromatic carbocycles. The van der Waals surface area contributed by atoms with E-state index in [0.29, 0.717) is 5.25 Å². The van der Waals surface area contributed by atoms with E-state index >= 15 is 0 Å². The maximum Gasteiger partial charge on any atom is 0.160 e. The van der Waals surface area contributed by atoms with E-state index in [1.165, 1.54) is 17.0 Å². The van der Waals surface area contributed by atoms with Crippen molar-refractivity contribution in [1.82, 2.24) is 14.5 Å². The highest BCUT2D eigenvalue weighted by molar-refractivity contribution is 8.14. The maximum atomic E-state index is 9.67. The fourth-order valence-electron chi connectivity index (χ4n) is 4.54. The summed E-state index contributed by atoms with van der Waals surface area (Å²) in [6, 6.07) is 15.9. The van der Waals surface area contributed by atoms with Gasteiger partial charge in [0.05, 0.1) is 11.7 Å². The first-order valence-corrected chi connectivity index (χ1v) is 10.8. The summed E-state index contributed by atoms with van der Waals surface area (Å²) in [5, 5.41) is 11.3. The quantitative estimate of drug-likeness (QED) is 0.682. The summed E-state index contributed by atoms with van der Waals surface area (Å²) >= 11 is 1.86. The summed E-state index contributed by atoms with van der Waals surface area (Å²) in [7, 11) is 0. The molecule has 4 heterocycles. The van der Waals surface area contributed by atoms with Crippen molar-refractivity contribution in [3.8, 4) is 11.4 Å². The highest BCUT2D eigenvalue weighted by atomic mass is 32.2. The standard InChI is InChI=1S/C23H24N4OS/c1-14-12-19(16(3)27(14)17-7-9-18(28)10-8-17)22-21(20-6-4-5-11-24-20)25-23-26(22)13-15(2)29-23/h4-12,15,21-22,28H,13H2,1-3H3. The van der Waals surface area contributed by atoms with Crippen molar-refractivity contribution in [2.45, 2.75) is 38.1 Å². The number of hydrogen-bond acceptors (Lipinski definition) is 5. The molecule has 1 saturated heterocycles. The molecule has 6 heteroatoms. The van der Waals surface area contributed by atoms with E-state index in [2.05, 4.69) is 47.4 Å². The molecule has 0 aliphatic carbocycles. The topological polar surface area (TPSA) is 53.7 Å². The molecule has 29 heavy (non-hydrogen) atoms. The van der Waals surface area contributed by atoms with Gasteiger partial charge in [0.25, 0.3) is 0 Å². The van der Waals surface area contributed by atoms with Crippen molar-refractivity contribution in [2.75, 3.05) is 6.54 Å². The number of hydrogen-bond donors (Lipinski definition) is 1. The van der Waals surface area contributed by atoms with Gasteiger partial charge in [0.15, 0.2) is 5.17 Å². The molecule has 2 aromatic heterocycles. The van der Waals surface area contributed by atoms with Crippen LogP contribution >= 0.6 is 11.8 Å². The zero-order valence-electron chi connectivity index (χ0n) is 16.8. The fraction of sp³-hybridized carbons (Fsp3) is 0.304. The molecule has 5 nitrogen and oxygen atoms in total. The molecule has 2 aliphatic heterocycles. The van der Waals surface area contributed by atoms with Gasteiger partial charge in [-0.05, 0) is 61.9 Å². The second-order valence-corrected chi connectivity index (χ2v) is 9.22. The van der Waals surface area contributed by atoms with E-state index in [1.54, 1.807) is 12.1 Å². The van der Waals surface area contributed by atoms with Gasteiger partial charge in [-0.25, -0.2) is 0 Å². The van der Waals surface area contributed by atoms with Crippen LogP contribution in [0.1, 0.15) is 41.7 Å². The van der Waals surface area contributed by atoms with Crippen molar-refractivity contribution in [2.24, 2.45) is 4.99 Å². The van der Waals surface area contributed by atoms with Gasteiger partial charge in [-0.2, -0.15) is 0 Å². The minimum atomic E-state index is -0.0000298. The molecule has 3 aromatic rings. The summed E-state index contributed by atoms with van der Waals surface area (Å²) < 4.78 is 2.26.